The number of rotatable bonds is 5. The predicted molar refractivity (Wildman–Crippen MR) is 98.5 cm³/mol. The third kappa shape index (κ3) is 4.69. The highest BCUT2D eigenvalue weighted by Gasteiger charge is 2.19. The molecule has 0 unspecified atom stereocenters. The molecule has 1 aliphatic rings. The molecule has 1 N–H and O–H groups in total. The largest absolute Gasteiger partial charge is 0.374 e. The van der Waals surface area contributed by atoms with E-state index >= 15 is 0 Å². The van der Waals surface area contributed by atoms with Crippen LogP contribution in [0.1, 0.15) is 54.4 Å². The number of carbonyl (C=O) groups excluding carboxylic acids is 1. The predicted octanol–water partition coefficient (Wildman–Crippen LogP) is 4.08. The molecule has 3 rings (SSSR count). The Hall–Kier alpha value is -2.14. The molecule has 5 heteroatoms. The van der Waals surface area contributed by atoms with E-state index in [2.05, 4.69) is 17.3 Å². The van der Waals surface area contributed by atoms with Crippen molar-refractivity contribution in [3.63, 3.8) is 0 Å². The minimum absolute atomic E-state index is 0.151. The molecule has 2 atom stereocenters. The summed E-state index contributed by atoms with van der Waals surface area (Å²) in [5.41, 5.74) is 3.24. The number of nitrogens with zero attached hydrogens (tertiary/aromatic N) is 2. The first-order valence-electron chi connectivity index (χ1n) is 9.04. The summed E-state index contributed by atoms with van der Waals surface area (Å²) in [7, 11) is 1.78. The summed E-state index contributed by atoms with van der Waals surface area (Å²) in [5.74, 6) is 0.606. The molecule has 1 aromatic heterocycles. The lowest BCUT2D eigenvalue weighted by Crippen LogP contribution is -2.21. The van der Waals surface area contributed by atoms with Gasteiger partial charge in [-0.3, -0.25) is 9.48 Å². The van der Waals surface area contributed by atoms with Crippen LogP contribution < -0.4 is 5.32 Å². The number of ether oxygens (including phenoxy) is 1. The van der Waals surface area contributed by atoms with Crippen LogP contribution in [-0.4, -0.2) is 21.8 Å². The van der Waals surface area contributed by atoms with Gasteiger partial charge < -0.3 is 10.1 Å². The third-order valence-corrected chi connectivity index (χ3v) is 4.79. The van der Waals surface area contributed by atoms with Crippen LogP contribution in [0.15, 0.2) is 30.3 Å². The van der Waals surface area contributed by atoms with Gasteiger partial charge in [0, 0.05) is 12.7 Å². The summed E-state index contributed by atoms with van der Waals surface area (Å²) in [6.07, 6.45) is 5.23. The highest BCUT2D eigenvalue weighted by atomic mass is 16.5. The first kappa shape index (κ1) is 17.7. The maximum Gasteiger partial charge on any atom is 0.273 e. The Kier molecular flexibility index (Phi) is 5.53. The smallest absolute Gasteiger partial charge is 0.273 e. The van der Waals surface area contributed by atoms with Crippen molar-refractivity contribution >= 4 is 11.6 Å². The lowest BCUT2D eigenvalue weighted by Gasteiger charge is -2.26. The van der Waals surface area contributed by atoms with Gasteiger partial charge in [-0.15, -0.1) is 0 Å². The average molecular weight is 341 g/mol. The van der Waals surface area contributed by atoms with Crippen molar-refractivity contribution in [3.8, 4) is 0 Å². The van der Waals surface area contributed by atoms with Crippen molar-refractivity contribution in [2.45, 2.75) is 52.2 Å². The fraction of sp³-hybridized carbons (Fsp3) is 0.500. The number of carbonyl (C=O) groups is 1. The molecule has 1 aromatic carbocycles. The summed E-state index contributed by atoms with van der Waals surface area (Å²) >= 11 is 0. The van der Waals surface area contributed by atoms with Crippen LogP contribution in [0.25, 0.3) is 0 Å². The van der Waals surface area contributed by atoms with Gasteiger partial charge in [-0.05, 0) is 49.4 Å². The van der Waals surface area contributed by atoms with E-state index in [0.717, 1.165) is 35.7 Å². The zero-order valence-corrected chi connectivity index (χ0v) is 15.3. The first-order valence-corrected chi connectivity index (χ1v) is 9.04. The molecule has 134 valence electrons. The Morgan fingerprint density at radius 3 is 2.92 bits per heavy atom. The number of aromatic nitrogens is 2. The van der Waals surface area contributed by atoms with Crippen molar-refractivity contribution in [1.82, 2.24) is 9.78 Å². The quantitative estimate of drug-likeness (QED) is 0.891. The third-order valence-electron chi connectivity index (χ3n) is 4.79. The molecule has 5 nitrogen and oxygen atoms in total. The number of amides is 1. The minimum Gasteiger partial charge on any atom is -0.374 e. The zero-order valence-electron chi connectivity index (χ0n) is 15.3. The molecular weight excluding hydrogens is 314 g/mol. The van der Waals surface area contributed by atoms with Crippen LogP contribution in [0.5, 0.6) is 0 Å². The molecule has 0 bridgehead atoms. The van der Waals surface area contributed by atoms with E-state index in [1.807, 2.05) is 31.2 Å². The van der Waals surface area contributed by atoms with Crippen LogP contribution >= 0.6 is 0 Å². The minimum atomic E-state index is -0.151. The SMILES string of the molecule is Cc1cc(C(=O)Nc2cccc(CO[C@@H]3CCC[C@H](C)C3)c2)n(C)n1. The van der Waals surface area contributed by atoms with E-state index in [1.54, 1.807) is 17.8 Å². The average Bonchev–Trinajstić information content (AvgIpc) is 2.92. The normalized spacial score (nSPS) is 20.4. The second-order valence-electron chi connectivity index (χ2n) is 7.15. The van der Waals surface area contributed by atoms with Gasteiger partial charge in [0.15, 0.2) is 0 Å². The topological polar surface area (TPSA) is 56.1 Å². The molecule has 25 heavy (non-hydrogen) atoms. The maximum atomic E-state index is 12.4. The van der Waals surface area contributed by atoms with Crippen LogP contribution in [-0.2, 0) is 18.4 Å². The standard InChI is InChI=1S/C20H27N3O2/c1-14-6-4-9-18(10-14)25-13-16-7-5-8-17(12-16)21-20(24)19-11-15(2)22-23(19)3/h5,7-8,11-12,14,18H,4,6,9-10,13H2,1-3H3,(H,21,24)/t14-,18+/m0/s1. The van der Waals surface area contributed by atoms with Gasteiger partial charge in [-0.25, -0.2) is 0 Å². The van der Waals surface area contributed by atoms with Gasteiger partial charge in [0.1, 0.15) is 5.69 Å². The molecule has 0 radical (unpaired) electrons. The van der Waals surface area contributed by atoms with Crippen LogP contribution in [0.2, 0.25) is 0 Å². The number of hydrogen-bond donors (Lipinski definition) is 1. The van der Waals surface area contributed by atoms with Crippen LogP contribution in [0.4, 0.5) is 5.69 Å². The van der Waals surface area contributed by atoms with Crippen molar-refractivity contribution < 1.29 is 9.53 Å². The summed E-state index contributed by atoms with van der Waals surface area (Å²) in [6.45, 7) is 4.76. The van der Waals surface area contributed by atoms with Gasteiger partial charge in [0.2, 0.25) is 0 Å². The van der Waals surface area contributed by atoms with Gasteiger partial charge >= 0.3 is 0 Å². The molecule has 0 saturated heterocycles. The molecule has 1 amide bonds. The zero-order chi connectivity index (χ0) is 17.8. The molecule has 1 fully saturated rings. The van der Waals surface area contributed by atoms with Crippen LogP contribution in [0.3, 0.4) is 0 Å². The van der Waals surface area contributed by atoms with Gasteiger partial charge in [0.05, 0.1) is 18.4 Å². The lowest BCUT2D eigenvalue weighted by atomic mass is 9.89. The van der Waals surface area contributed by atoms with Gasteiger partial charge in [-0.1, -0.05) is 31.9 Å². The summed E-state index contributed by atoms with van der Waals surface area (Å²) in [4.78, 5) is 12.4. The van der Waals surface area contributed by atoms with Crippen molar-refractivity contribution in [2.75, 3.05) is 5.32 Å². The van der Waals surface area contributed by atoms with E-state index in [1.165, 1.54) is 12.8 Å². The highest BCUT2D eigenvalue weighted by molar-refractivity contribution is 6.03. The lowest BCUT2D eigenvalue weighted by molar-refractivity contribution is 0.00468. The van der Waals surface area contributed by atoms with E-state index in [4.69, 9.17) is 4.74 Å². The molecule has 1 aliphatic carbocycles. The monoisotopic (exact) mass is 341 g/mol. The van der Waals surface area contributed by atoms with Crippen molar-refractivity contribution in [3.05, 3.63) is 47.3 Å². The Labute approximate surface area is 149 Å². The number of anilines is 1. The fourth-order valence-electron chi connectivity index (χ4n) is 3.50. The van der Waals surface area contributed by atoms with Crippen molar-refractivity contribution in [2.24, 2.45) is 13.0 Å². The van der Waals surface area contributed by atoms with E-state index < -0.39 is 0 Å². The summed E-state index contributed by atoms with van der Waals surface area (Å²) in [6, 6.07) is 9.65. The van der Waals surface area contributed by atoms with E-state index in [-0.39, 0.29) is 5.91 Å². The molecule has 0 spiro atoms. The Morgan fingerprint density at radius 2 is 2.20 bits per heavy atom. The molecule has 1 saturated carbocycles. The Morgan fingerprint density at radius 1 is 1.36 bits per heavy atom. The second kappa shape index (κ2) is 7.83. The summed E-state index contributed by atoms with van der Waals surface area (Å²) in [5, 5.41) is 7.16. The second-order valence-corrected chi connectivity index (χ2v) is 7.15. The first-order chi connectivity index (χ1) is 12.0. The summed E-state index contributed by atoms with van der Waals surface area (Å²) < 4.78 is 7.68. The molecule has 2 aromatic rings. The number of benzene rings is 1. The van der Waals surface area contributed by atoms with Gasteiger partial charge in [0.25, 0.3) is 5.91 Å². The Balaban J connectivity index is 1.59. The van der Waals surface area contributed by atoms with Crippen LogP contribution in [0, 0.1) is 12.8 Å². The number of aryl methyl sites for hydroxylation is 2. The molecule has 1 heterocycles. The molecular formula is C20H27N3O2. The maximum absolute atomic E-state index is 12.4. The molecule has 0 aliphatic heterocycles. The highest BCUT2D eigenvalue weighted by Crippen LogP contribution is 2.26. The van der Waals surface area contributed by atoms with E-state index in [0.29, 0.717) is 18.4 Å². The van der Waals surface area contributed by atoms with E-state index in [9.17, 15) is 4.79 Å². The fourth-order valence-corrected chi connectivity index (χ4v) is 3.50. The number of nitrogens with one attached hydrogen (secondary N) is 1. The number of hydrogen-bond acceptors (Lipinski definition) is 3. The van der Waals surface area contributed by atoms with Crippen molar-refractivity contribution in [1.29, 1.82) is 0 Å². The Bertz CT molecular complexity index is 738. The van der Waals surface area contributed by atoms with Gasteiger partial charge in [-0.2, -0.15) is 5.10 Å².